The van der Waals surface area contributed by atoms with Crippen molar-refractivity contribution < 1.29 is 9.21 Å². The molecule has 0 spiro atoms. The molecule has 4 aliphatic rings. The minimum absolute atomic E-state index is 0.0957. The van der Waals surface area contributed by atoms with Gasteiger partial charge in [0, 0.05) is 51.9 Å². The summed E-state index contributed by atoms with van der Waals surface area (Å²) in [6, 6.07) is 3.96. The average molecular weight is 346 g/mol. The van der Waals surface area contributed by atoms with Crippen LogP contribution in [0.25, 0.3) is 0 Å². The van der Waals surface area contributed by atoms with E-state index in [4.69, 9.17) is 4.42 Å². The molecule has 4 aliphatic heterocycles. The summed E-state index contributed by atoms with van der Waals surface area (Å²) in [4.78, 5) is 19.7. The van der Waals surface area contributed by atoms with E-state index in [1.807, 2.05) is 0 Å². The zero-order chi connectivity index (χ0) is 17.2. The van der Waals surface area contributed by atoms with Crippen LogP contribution in [-0.4, -0.2) is 86.1 Å². The quantitative estimate of drug-likeness (QED) is 0.861. The number of amides is 1. The molecule has 1 aromatic heterocycles. The van der Waals surface area contributed by atoms with E-state index in [1.54, 1.807) is 18.4 Å². The Balaban J connectivity index is 1.26. The molecule has 5 heterocycles. The highest BCUT2D eigenvalue weighted by Gasteiger charge is 2.40. The molecule has 2 bridgehead atoms. The van der Waals surface area contributed by atoms with Crippen LogP contribution in [-0.2, 0) is 0 Å². The summed E-state index contributed by atoms with van der Waals surface area (Å²) in [6.07, 6.45) is 4.09. The number of hydrogen-bond acceptors (Lipinski definition) is 5. The predicted octanol–water partition coefficient (Wildman–Crippen LogP) is 0.967. The van der Waals surface area contributed by atoms with E-state index < -0.39 is 0 Å². The van der Waals surface area contributed by atoms with Crippen LogP contribution in [0.5, 0.6) is 0 Å². The van der Waals surface area contributed by atoms with Crippen LogP contribution in [0.2, 0.25) is 0 Å². The normalized spacial score (nSPS) is 33.5. The molecule has 25 heavy (non-hydrogen) atoms. The van der Waals surface area contributed by atoms with Gasteiger partial charge in [0.1, 0.15) is 0 Å². The first-order chi connectivity index (χ1) is 12.2. The van der Waals surface area contributed by atoms with Crippen molar-refractivity contribution in [3.05, 3.63) is 24.2 Å². The molecule has 4 saturated heterocycles. The Bertz CT molecular complexity index is 568. The Morgan fingerprint density at radius 2 is 2.12 bits per heavy atom. The van der Waals surface area contributed by atoms with Crippen molar-refractivity contribution in [3.63, 3.8) is 0 Å². The number of carbonyl (C=O) groups is 1. The lowest BCUT2D eigenvalue weighted by molar-refractivity contribution is -0.0161. The molecular formula is C19H30N4O2. The second kappa shape index (κ2) is 7.48. The molecule has 4 unspecified atom stereocenters. The lowest BCUT2D eigenvalue weighted by atomic mass is 9.75. The van der Waals surface area contributed by atoms with Gasteiger partial charge in [-0.15, -0.1) is 0 Å². The monoisotopic (exact) mass is 346 g/mol. The topological polar surface area (TPSA) is 52.0 Å². The van der Waals surface area contributed by atoms with Gasteiger partial charge < -0.3 is 19.5 Å². The summed E-state index contributed by atoms with van der Waals surface area (Å²) in [7, 11) is 2.22. The van der Waals surface area contributed by atoms with Crippen molar-refractivity contribution in [3.8, 4) is 0 Å². The molecular weight excluding hydrogens is 316 g/mol. The fraction of sp³-hybridized carbons (Fsp3) is 0.737. The minimum Gasteiger partial charge on any atom is -0.459 e. The first-order valence-electron chi connectivity index (χ1n) is 9.65. The van der Waals surface area contributed by atoms with Gasteiger partial charge in [-0.3, -0.25) is 9.69 Å². The van der Waals surface area contributed by atoms with Crippen LogP contribution in [0.4, 0.5) is 0 Å². The Morgan fingerprint density at radius 1 is 1.28 bits per heavy atom. The number of likely N-dealkylation sites (N-methyl/N-ethyl adjacent to an activating group) is 1. The number of piperidine rings is 3. The third-order valence-electron chi connectivity index (χ3n) is 6.35. The Kier molecular flexibility index (Phi) is 5.10. The molecule has 1 N–H and O–H groups in total. The lowest BCUT2D eigenvalue weighted by Gasteiger charge is -2.51. The van der Waals surface area contributed by atoms with Crippen LogP contribution in [0.1, 0.15) is 23.4 Å². The third-order valence-corrected chi connectivity index (χ3v) is 6.35. The number of furan rings is 1. The highest BCUT2D eigenvalue weighted by atomic mass is 16.3. The van der Waals surface area contributed by atoms with Gasteiger partial charge >= 0.3 is 0 Å². The van der Waals surface area contributed by atoms with E-state index >= 15 is 0 Å². The fourth-order valence-corrected chi connectivity index (χ4v) is 4.74. The van der Waals surface area contributed by atoms with Crippen molar-refractivity contribution in [1.29, 1.82) is 0 Å². The summed E-state index contributed by atoms with van der Waals surface area (Å²) >= 11 is 0. The van der Waals surface area contributed by atoms with Crippen molar-refractivity contribution in [2.24, 2.45) is 11.8 Å². The third kappa shape index (κ3) is 3.91. The Labute approximate surface area is 150 Å². The molecule has 0 radical (unpaired) electrons. The standard InChI is InChI=1S/C19H30N4O2/c1-21-6-8-22(9-7-21)13-16-14-23-5-4-15(16)11-17(23)12-20-19(24)18-3-2-10-25-18/h2-3,10,15-17H,4-9,11-14H2,1H3,(H,20,24). The number of nitrogens with one attached hydrogen (secondary N) is 1. The van der Waals surface area contributed by atoms with Crippen LogP contribution >= 0.6 is 0 Å². The second-order valence-electron chi connectivity index (χ2n) is 7.98. The molecule has 4 fully saturated rings. The smallest absolute Gasteiger partial charge is 0.287 e. The second-order valence-corrected chi connectivity index (χ2v) is 7.98. The van der Waals surface area contributed by atoms with E-state index in [1.165, 1.54) is 58.7 Å². The Morgan fingerprint density at radius 3 is 2.80 bits per heavy atom. The number of piperazine rings is 1. The van der Waals surface area contributed by atoms with Crippen LogP contribution < -0.4 is 5.32 Å². The fourth-order valence-electron chi connectivity index (χ4n) is 4.74. The molecule has 6 heteroatoms. The first-order valence-corrected chi connectivity index (χ1v) is 9.65. The van der Waals surface area contributed by atoms with Crippen LogP contribution in [0.3, 0.4) is 0 Å². The maximum atomic E-state index is 12.1. The molecule has 4 atom stereocenters. The van der Waals surface area contributed by atoms with E-state index in [2.05, 4.69) is 27.1 Å². The lowest BCUT2D eigenvalue weighted by Crippen LogP contribution is -2.59. The molecule has 1 amide bonds. The van der Waals surface area contributed by atoms with Gasteiger partial charge in [0.2, 0.25) is 0 Å². The summed E-state index contributed by atoms with van der Waals surface area (Å²) < 4.78 is 5.17. The SMILES string of the molecule is CN1CCN(CC2CN3CCC2CC3CNC(=O)c2ccco2)CC1. The van der Waals surface area contributed by atoms with E-state index in [9.17, 15) is 4.79 Å². The largest absolute Gasteiger partial charge is 0.459 e. The van der Waals surface area contributed by atoms with Crippen LogP contribution in [0, 0.1) is 11.8 Å². The van der Waals surface area contributed by atoms with E-state index in [0.29, 0.717) is 11.8 Å². The highest BCUT2D eigenvalue weighted by molar-refractivity contribution is 5.91. The van der Waals surface area contributed by atoms with E-state index in [-0.39, 0.29) is 5.91 Å². The summed E-state index contributed by atoms with van der Waals surface area (Å²) in [5, 5.41) is 3.05. The van der Waals surface area contributed by atoms with Gasteiger partial charge in [0.25, 0.3) is 5.91 Å². The highest BCUT2D eigenvalue weighted by Crippen LogP contribution is 2.36. The number of rotatable bonds is 5. The van der Waals surface area contributed by atoms with Gasteiger partial charge in [-0.25, -0.2) is 0 Å². The van der Waals surface area contributed by atoms with Gasteiger partial charge in [0.05, 0.1) is 6.26 Å². The summed E-state index contributed by atoms with van der Waals surface area (Å²) in [6.45, 7) is 9.18. The Hall–Kier alpha value is -1.37. The number of fused-ring (bicyclic) bond motifs is 3. The maximum absolute atomic E-state index is 12.1. The molecule has 138 valence electrons. The molecule has 0 aliphatic carbocycles. The van der Waals surface area contributed by atoms with Crippen LogP contribution in [0.15, 0.2) is 22.8 Å². The molecule has 0 aromatic carbocycles. The molecule has 5 rings (SSSR count). The number of carbonyl (C=O) groups excluding carboxylic acids is 1. The maximum Gasteiger partial charge on any atom is 0.287 e. The first kappa shape index (κ1) is 17.1. The number of hydrogen-bond donors (Lipinski definition) is 1. The van der Waals surface area contributed by atoms with Crippen molar-refractivity contribution in [2.75, 3.05) is 59.4 Å². The zero-order valence-corrected chi connectivity index (χ0v) is 15.2. The summed E-state index contributed by atoms with van der Waals surface area (Å²) in [5.41, 5.74) is 0. The number of nitrogens with zero attached hydrogens (tertiary/aromatic N) is 3. The minimum atomic E-state index is -0.0957. The average Bonchev–Trinajstić information content (AvgIpc) is 3.17. The van der Waals surface area contributed by atoms with Crippen molar-refractivity contribution >= 4 is 5.91 Å². The van der Waals surface area contributed by atoms with E-state index in [0.717, 1.165) is 18.4 Å². The summed E-state index contributed by atoms with van der Waals surface area (Å²) in [5.74, 6) is 1.93. The van der Waals surface area contributed by atoms with Gasteiger partial charge in [-0.1, -0.05) is 0 Å². The molecule has 6 nitrogen and oxygen atoms in total. The zero-order valence-electron chi connectivity index (χ0n) is 15.2. The molecule has 1 aromatic rings. The van der Waals surface area contributed by atoms with Crippen molar-refractivity contribution in [1.82, 2.24) is 20.0 Å². The predicted molar refractivity (Wildman–Crippen MR) is 96.6 cm³/mol. The van der Waals surface area contributed by atoms with Gasteiger partial charge in [-0.2, -0.15) is 0 Å². The van der Waals surface area contributed by atoms with Crippen molar-refractivity contribution in [2.45, 2.75) is 18.9 Å². The van der Waals surface area contributed by atoms with Gasteiger partial charge in [0.15, 0.2) is 5.76 Å². The van der Waals surface area contributed by atoms with Gasteiger partial charge in [-0.05, 0) is 50.4 Å². The molecule has 0 saturated carbocycles.